The number of rotatable bonds is 6. The minimum atomic E-state index is -0.0104. The molecule has 0 bridgehead atoms. The SMILES string of the molecule is CN1Cc2c(Oc3ccc(Nc4ncnc5c4N(CCO)CC5)cc3Cl)cccc2C1=O. The molecule has 5 rings (SSSR count). The van der Waals surface area contributed by atoms with Gasteiger partial charge in [-0.1, -0.05) is 17.7 Å². The van der Waals surface area contributed by atoms with Crippen molar-refractivity contribution in [1.29, 1.82) is 0 Å². The van der Waals surface area contributed by atoms with E-state index >= 15 is 0 Å². The van der Waals surface area contributed by atoms with Crippen molar-refractivity contribution < 1.29 is 14.6 Å². The minimum Gasteiger partial charge on any atom is -0.455 e. The van der Waals surface area contributed by atoms with Gasteiger partial charge >= 0.3 is 0 Å². The van der Waals surface area contributed by atoms with Gasteiger partial charge in [-0.15, -0.1) is 0 Å². The van der Waals surface area contributed by atoms with E-state index in [0.29, 0.717) is 41.0 Å². The minimum absolute atomic E-state index is 0.0104. The van der Waals surface area contributed by atoms with E-state index in [1.165, 1.54) is 6.33 Å². The zero-order valence-electron chi connectivity index (χ0n) is 17.5. The predicted molar refractivity (Wildman–Crippen MR) is 122 cm³/mol. The Labute approximate surface area is 190 Å². The van der Waals surface area contributed by atoms with Crippen LogP contribution in [0.3, 0.4) is 0 Å². The van der Waals surface area contributed by atoms with Crippen LogP contribution in [0, 0.1) is 0 Å². The molecule has 2 aliphatic rings. The van der Waals surface area contributed by atoms with Crippen molar-refractivity contribution in [3.05, 3.63) is 64.6 Å². The molecule has 8 nitrogen and oxygen atoms in total. The molecule has 164 valence electrons. The van der Waals surface area contributed by atoms with Crippen molar-refractivity contribution in [2.75, 3.05) is 37.0 Å². The third-order valence-corrected chi connectivity index (χ3v) is 6.02. The molecule has 0 saturated carbocycles. The van der Waals surface area contributed by atoms with E-state index in [1.807, 2.05) is 24.3 Å². The number of benzene rings is 2. The van der Waals surface area contributed by atoms with Crippen LogP contribution >= 0.6 is 11.6 Å². The van der Waals surface area contributed by atoms with Crippen molar-refractivity contribution in [2.24, 2.45) is 0 Å². The first-order chi connectivity index (χ1) is 15.5. The summed E-state index contributed by atoms with van der Waals surface area (Å²) >= 11 is 6.53. The average molecular weight is 452 g/mol. The molecule has 0 spiro atoms. The summed E-state index contributed by atoms with van der Waals surface area (Å²) in [6.07, 6.45) is 2.36. The van der Waals surface area contributed by atoms with Gasteiger partial charge < -0.3 is 25.0 Å². The molecule has 0 saturated heterocycles. The van der Waals surface area contributed by atoms with Gasteiger partial charge in [-0.2, -0.15) is 0 Å². The Morgan fingerprint density at radius 3 is 2.91 bits per heavy atom. The molecule has 9 heteroatoms. The number of amides is 1. The number of carbonyl (C=O) groups excluding carboxylic acids is 1. The van der Waals surface area contributed by atoms with Crippen LogP contribution in [-0.2, 0) is 13.0 Å². The Balaban J connectivity index is 1.38. The molecule has 0 unspecified atom stereocenters. The highest BCUT2D eigenvalue weighted by molar-refractivity contribution is 6.32. The van der Waals surface area contributed by atoms with Crippen LogP contribution in [0.15, 0.2) is 42.7 Å². The van der Waals surface area contributed by atoms with Crippen LogP contribution in [-0.4, -0.2) is 52.6 Å². The van der Waals surface area contributed by atoms with E-state index in [0.717, 1.165) is 35.6 Å². The highest BCUT2D eigenvalue weighted by Crippen LogP contribution is 2.38. The molecule has 2 N–H and O–H groups in total. The number of nitrogens with one attached hydrogen (secondary N) is 1. The van der Waals surface area contributed by atoms with Gasteiger partial charge in [-0.25, -0.2) is 9.97 Å². The molecular weight excluding hydrogens is 430 g/mol. The molecule has 3 heterocycles. The molecule has 0 radical (unpaired) electrons. The van der Waals surface area contributed by atoms with Crippen molar-refractivity contribution in [1.82, 2.24) is 14.9 Å². The highest BCUT2D eigenvalue weighted by atomic mass is 35.5. The van der Waals surface area contributed by atoms with Crippen LogP contribution in [0.4, 0.5) is 17.2 Å². The Morgan fingerprint density at radius 2 is 2.09 bits per heavy atom. The smallest absolute Gasteiger partial charge is 0.254 e. The summed E-state index contributed by atoms with van der Waals surface area (Å²) in [6.45, 7) is 1.90. The van der Waals surface area contributed by atoms with E-state index in [1.54, 1.807) is 24.1 Å². The number of halogens is 1. The molecule has 0 fully saturated rings. The first-order valence-corrected chi connectivity index (χ1v) is 10.7. The maximum absolute atomic E-state index is 12.2. The quantitative estimate of drug-likeness (QED) is 0.591. The van der Waals surface area contributed by atoms with Gasteiger partial charge in [-0.3, -0.25) is 4.79 Å². The normalized spacial score (nSPS) is 14.5. The van der Waals surface area contributed by atoms with Crippen LogP contribution < -0.4 is 15.0 Å². The zero-order chi connectivity index (χ0) is 22.2. The number of nitrogens with zero attached hydrogens (tertiary/aromatic N) is 4. The Hall–Kier alpha value is -3.36. The number of hydrogen-bond donors (Lipinski definition) is 2. The lowest BCUT2D eigenvalue weighted by Crippen LogP contribution is -2.25. The summed E-state index contributed by atoms with van der Waals surface area (Å²) in [5.74, 6) is 1.79. The van der Waals surface area contributed by atoms with E-state index in [4.69, 9.17) is 16.3 Å². The largest absolute Gasteiger partial charge is 0.455 e. The second-order valence-electron chi connectivity index (χ2n) is 7.79. The molecule has 3 aromatic rings. The fraction of sp³-hybridized carbons (Fsp3) is 0.261. The van der Waals surface area contributed by atoms with Gasteiger partial charge in [0.1, 0.15) is 23.5 Å². The van der Waals surface area contributed by atoms with E-state index in [9.17, 15) is 9.90 Å². The maximum Gasteiger partial charge on any atom is 0.254 e. The number of aliphatic hydroxyl groups excluding tert-OH is 1. The van der Waals surface area contributed by atoms with Gasteiger partial charge in [-0.05, 0) is 30.3 Å². The molecule has 2 aromatic carbocycles. The van der Waals surface area contributed by atoms with Crippen LogP contribution in [0.25, 0.3) is 0 Å². The summed E-state index contributed by atoms with van der Waals surface area (Å²) in [5.41, 5.74) is 4.14. The fourth-order valence-corrected chi connectivity index (χ4v) is 4.39. The summed E-state index contributed by atoms with van der Waals surface area (Å²) in [5, 5.41) is 13.1. The molecule has 1 aromatic heterocycles. The Morgan fingerprint density at radius 1 is 1.22 bits per heavy atom. The monoisotopic (exact) mass is 451 g/mol. The lowest BCUT2D eigenvalue weighted by molar-refractivity contribution is 0.0816. The van der Waals surface area contributed by atoms with Crippen molar-refractivity contribution in [3.63, 3.8) is 0 Å². The van der Waals surface area contributed by atoms with Crippen LogP contribution in [0.1, 0.15) is 21.6 Å². The summed E-state index contributed by atoms with van der Waals surface area (Å²) in [7, 11) is 1.77. The van der Waals surface area contributed by atoms with Gasteiger partial charge in [0, 0.05) is 43.4 Å². The number of aliphatic hydroxyl groups is 1. The van der Waals surface area contributed by atoms with E-state index < -0.39 is 0 Å². The Kier molecular flexibility index (Phi) is 5.32. The van der Waals surface area contributed by atoms with Gasteiger partial charge in [0.25, 0.3) is 5.91 Å². The lowest BCUT2D eigenvalue weighted by atomic mass is 10.1. The summed E-state index contributed by atoms with van der Waals surface area (Å²) in [4.78, 5) is 24.7. The lowest BCUT2D eigenvalue weighted by Gasteiger charge is -2.20. The van der Waals surface area contributed by atoms with Crippen molar-refractivity contribution >= 4 is 34.7 Å². The van der Waals surface area contributed by atoms with E-state index in [2.05, 4.69) is 20.2 Å². The number of hydrogen-bond acceptors (Lipinski definition) is 7. The highest BCUT2D eigenvalue weighted by Gasteiger charge is 2.28. The fourth-order valence-electron chi connectivity index (χ4n) is 4.17. The van der Waals surface area contributed by atoms with E-state index in [-0.39, 0.29) is 12.5 Å². The number of aromatic nitrogens is 2. The molecule has 0 aliphatic carbocycles. The number of fused-ring (bicyclic) bond motifs is 2. The average Bonchev–Trinajstić information content (AvgIpc) is 3.33. The summed E-state index contributed by atoms with van der Waals surface area (Å²) in [6, 6.07) is 10.9. The third-order valence-electron chi connectivity index (χ3n) is 5.72. The number of ether oxygens (including phenoxy) is 1. The first-order valence-electron chi connectivity index (χ1n) is 10.4. The standard InChI is InChI=1S/C23H22ClN5O3/c1-28-12-16-15(23(28)31)3-2-4-19(16)32-20-6-5-14(11-17(20)24)27-22-21-18(25-13-26-22)7-8-29(21)9-10-30/h2-6,11,13,30H,7-10,12H2,1H3,(H,25,26,27). The van der Waals surface area contributed by atoms with Gasteiger partial charge in [0.15, 0.2) is 5.82 Å². The van der Waals surface area contributed by atoms with Crippen LogP contribution in [0.5, 0.6) is 11.5 Å². The first kappa shape index (κ1) is 20.5. The molecule has 0 atom stereocenters. The van der Waals surface area contributed by atoms with Crippen LogP contribution in [0.2, 0.25) is 5.02 Å². The van der Waals surface area contributed by atoms with Crippen molar-refractivity contribution in [2.45, 2.75) is 13.0 Å². The molecular formula is C23H22ClN5O3. The topological polar surface area (TPSA) is 90.8 Å². The summed E-state index contributed by atoms with van der Waals surface area (Å²) < 4.78 is 6.08. The second-order valence-corrected chi connectivity index (χ2v) is 8.20. The van der Waals surface area contributed by atoms with Gasteiger partial charge in [0.05, 0.1) is 23.9 Å². The molecule has 32 heavy (non-hydrogen) atoms. The molecule has 1 amide bonds. The number of β-amino-alcohol motifs (C(OH)–C–C–N with tert-alkyl or cyclic N) is 1. The number of anilines is 3. The Bertz CT molecular complexity index is 1200. The zero-order valence-corrected chi connectivity index (χ0v) is 18.3. The second kappa shape index (κ2) is 8.29. The van der Waals surface area contributed by atoms with Gasteiger partial charge in [0.2, 0.25) is 0 Å². The maximum atomic E-state index is 12.2. The number of carbonyl (C=O) groups is 1. The van der Waals surface area contributed by atoms with Crippen molar-refractivity contribution in [3.8, 4) is 11.5 Å². The molecule has 2 aliphatic heterocycles. The predicted octanol–water partition coefficient (Wildman–Crippen LogP) is 3.61. The third kappa shape index (κ3) is 3.61.